The third-order valence-corrected chi connectivity index (χ3v) is 4.88. The summed E-state index contributed by atoms with van der Waals surface area (Å²) in [6.07, 6.45) is 2.38. The average molecular weight is 349 g/mol. The molecule has 2 aromatic rings. The van der Waals surface area contributed by atoms with Crippen molar-refractivity contribution >= 4 is 11.6 Å². The molecule has 0 saturated carbocycles. The van der Waals surface area contributed by atoms with E-state index in [1.807, 2.05) is 6.07 Å². The van der Waals surface area contributed by atoms with Crippen LogP contribution in [0.15, 0.2) is 36.5 Å². The molecule has 2 aliphatic rings. The molecule has 0 spiro atoms. The van der Waals surface area contributed by atoms with Gasteiger partial charge in [-0.1, -0.05) is 23.7 Å². The van der Waals surface area contributed by atoms with Crippen LogP contribution in [0.1, 0.15) is 31.0 Å². The zero-order chi connectivity index (χ0) is 16.8. The number of hydrogen-bond donors (Lipinski definition) is 1. The summed E-state index contributed by atoms with van der Waals surface area (Å²) in [6.45, 7) is 3.08. The van der Waals surface area contributed by atoms with Crippen LogP contribution in [0.3, 0.4) is 0 Å². The van der Waals surface area contributed by atoms with Crippen LogP contribution in [0.5, 0.6) is 11.5 Å². The van der Waals surface area contributed by atoms with Crippen LogP contribution in [-0.2, 0) is 11.5 Å². The first-order chi connectivity index (χ1) is 11.5. The molecule has 0 bridgehead atoms. The number of pyridine rings is 1. The fourth-order valence-corrected chi connectivity index (χ4v) is 3.43. The van der Waals surface area contributed by atoms with Gasteiger partial charge in [0.15, 0.2) is 11.5 Å². The largest absolute Gasteiger partial charge is 0.443 e. The Kier molecular flexibility index (Phi) is 3.66. The van der Waals surface area contributed by atoms with E-state index in [-0.39, 0.29) is 0 Å². The first-order valence-electron chi connectivity index (χ1n) is 8.03. The summed E-state index contributed by atoms with van der Waals surface area (Å²) in [6, 6.07) is 8.87. The van der Waals surface area contributed by atoms with Crippen molar-refractivity contribution in [3.8, 4) is 11.5 Å². The standard InChI is InChI=1S/C18H18ClFN2O2/c1-17(15-6-5-12(19)11-22-15)23-14-4-2-3-13(16(14)24-17)18(20)7-9-21-10-8-18/h2-6,11,21H,7-10H2,1H3/t17-/m1/s1. The summed E-state index contributed by atoms with van der Waals surface area (Å²) in [5.74, 6) is -0.0739. The highest BCUT2D eigenvalue weighted by Gasteiger charge is 2.45. The van der Waals surface area contributed by atoms with E-state index in [4.69, 9.17) is 21.1 Å². The molecule has 1 fully saturated rings. The second-order valence-corrected chi connectivity index (χ2v) is 6.80. The number of nitrogens with zero attached hydrogens (tertiary/aromatic N) is 1. The van der Waals surface area contributed by atoms with Gasteiger partial charge in [0, 0.05) is 18.7 Å². The molecular formula is C18H18ClFN2O2. The van der Waals surface area contributed by atoms with Crippen molar-refractivity contribution in [1.29, 1.82) is 0 Å². The van der Waals surface area contributed by atoms with Gasteiger partial charge in [-0.3, -0.25) is 4.98 Å². The van der Waals surface area contributed by atoms with Gasteiger partial charge in [-0.15, -0.1) is 0 Å². The number of piperidine rings is 1. The number of rotatable bonds is 2. The highest BCUT2D eigenvalue weighted by molar-refractivity contribution is 6.30. The lowest BCUT2D eigenvalue weighted by Gasteiger charge is -2.31. The number of fused-ring (bicyclic) bond motifs is 1. The van der Waals surface area contributed by atoms with E-state index in [9.17, 15) is 0 Å². The normalized spacial score (nSPS) is 24.8. The van der Waals surface area contributed by atoms with Gasteiger partial charge in [-0.05, 0) is 44.1 Å². The molecule has 1 aromatic carbocycles. The molecule has 0 aliphatic carbocycles. The molecule has 1 N–H and O–H groups in total. The topological polar surface area (TPSA) is 43.4 Å². The number of nitrogens with one attached hydrogen (secondary N) is 1. The Labute approximate surface area is 144 Å². The number of hydrogen-bond acceptors (Lipinski definition) is 4. The maximum Gasteiger partial charge on any atom is 0.292 e. The van der Waals surface area contributed by atoms with Gasteiger partial charge in [0.25, 0.3) is 5.79 Å². The number of ether oxygens (including phenoxy) is 2. The van der Waals surface area contributed by atoms with Gasteiger partial charge in [0.1, 0.15) is 11.4 Å². The minimum Gasteiger partial charge on any atom is -0.443 e. The fraction of sp³-hybridized carbons (Fsp3) is 0.389. The molecule has 4 nitrogen and oxygen atoms in total. The second kappa shape index (κ2) is 5.60. The Morgan fingerprint density at radius 1 is 1.17 bits per heavy atom. The van der Waals surface area contributed by atoms with Crippen molar-refractivity contribution in [2.75, 3.05) is 13.1 Å². The van der Waals surface area contributed by atoms with E-state index in [0.29, 0.717) is 53.7 Å². The fourth-order valence-electron chi connectivity index (χ4n) is 3.32. The van der Waals surface area contributed by atoms with Crippen molar-refractivity contribution in [2.45, 2.75) is 31.2 Å². The third-order valence-electron chi connectivity index (χ3n) is 4.65. The van der Waals surface area contributed by atoms with Crippen LogP contribution in [0, 0.1) is 0 Å². The van der Waals surface area contributed by atoms with E-state index in [1.54, 1.807) is 37.4 Å². The summed E-state index contributed by atoms with van der Waals surface area (Å²) in [5.41, 5.74) is -0.259. The van der Waals surface area contributed by atoms with Gasteiger partial charge in [-0.2, -0.15) is 0 Å². The minimum absolute atomic E-state index is 0.419. The summed E-state index contributed by atoms with van der Waals surface area (Å²) < 4.78 is 27.5. The Morgan fingerprint density at radius 2 is 1.96 bits per heavy atom. The maximum atomic E-state index is 15.5. The first kappa shape index (κ1) is 15.7. The van der Waals surface area contributed by atoms with Gasteiger partial charge in [0.05, 0.1) is 5.02 Å². The van der Waals surface area contributed by atoms with Crippen LogP contribution in [0.25, 0.3) is 0 Å². The Hall–Kier alpha value is -1.85. The molecular weight excluding hydrogens is 331 g/mol. The molecule has 1 saturated heterocycles. The molecule has 0 radical (unpaired) electrons. The third kappa shape index (κ3) is 2.52. The number of halogens is 2. The summed E-state index contributed by atoms with van der Waals surface area (Å²) in [7, 11) is 0. The molecule has 24 heavy (non-hydrogen) atoms. The van der Waals surface area contributed by atoms with Crippen molar-refractivity contribution in [2.24, 2.45) is 0 Å². The summed E-state index contributed by atoms with van der Waals surface area (Å²) in [5, 5.41) is 3.73. The number of benzene rings is 1. The van der Waals surface area contributed by atoms with Crippen LogP contribution >= 0.6 is 11.6 Å². The van der Waals surface area contributed by atoms with Gasteiger partial charge in [-0.25, -0.2) is 4.39 Å². The molecule has 1 atom stereocenters. The van der Waals surface area contributed by atoms with E-state index < -0.39 is 11.5 Å². The van der Waals surface area contributed by atoms with E-state index in [1.165, 1.54) is 0 Å². The van der Waals surface area contributed by atoms with Crippen molar-refractivity contribution in [3.05, 3.63) is 52.8 Å². The summed E-state index contributed by atoms with van der Waals surface area (Å²) >= 11 is 5.90. The molecule has 6 heteroatoms. The maximum absolute atomic E-state index is 15.5. The SMILES string of the molecule is C[C@@]1(c2ccc(Cl)cn2)Oc2cccc(C3(F)CCNCC3)c2O1. The molecule has 0 unspecified atom stereocenters. The van der Waals surface area contributed by atoms with Gasteiger partial charge in [0.2, 0.25) is 0 Å². The lowest BCUT2D eigenvalue weighted by Crippen LogP contribution is -2.37. The lowest BCUT2D eigenvalue weighted by atomic mass is 9.86. The number of para-hydroxylation sites is 1. The Morgan fingerprint density at radius 3 is 2.67 bits per heavy atom. The summed E-state index contributed by atoms with van der Waals surface area (Å²) in [4.78, 5) is 4.29. The highest BCUT2D eigenvalue weighted by Crippen LogP contribution is 2.51. The molecule has 4 rings (SSSR count). The van der Waals surface area contributed by atoms with E-state index in [2.05, 4.69) is 10.3 Å². The number of aromatic nitrogens is 1. The minimum atomic E-state index is -1.40. The van der Waals surface area contributed by atoms with Crippen molar-refractivity contribution in [1.82, 2.24) is 10.3 Å². The first-order valence-corrected chi connectivity index (χ1v) is 8.41. The van der Waals surface area contributed by atoms with Crippen molar-refractivity contribution < 1.29 is 13.9 Å². The van der Waals surface area contributed by atoms with Crippen LogP contribution in [-0.4, -0.2) is 18.1 Å². The molecule has 1 aromatic heterocycles. The second-order valence-electron chi connectivity index (χ2n) is 6.36. The lowest BCUT2D eigenvalue weighted by molar-refractivity contribution is -0.0730. The molecule has 3 heterocycles. The van der Waals surface area contributed by atoms with Crippen LogP contribution < -0.4 is 14.8 Å². The van der Waals surface area contributed by atoms with E-state index >= 15 is 4.39 Å². The van der Waals surface area contributed by atoms with Crippen molar-refractivity contribution in [3.63, 3.8) is 0 Å². The zero-order valence-electron chi connectivity index (χ0n) is 13.3. The van der Waals surface area contributed by atoms with Crippen LogP contribution in [0.2, 0.25) is 5.02 Å². The number of alkyl halides is 1. The zero-order valence-corrected chi connectivity index (χ0v) is 14.1. The van der Waals surface area contributed by atoms with Crippen LogP contribution in [0.4, 0.5) is 4.39 Å². The molecule has 126 valence electrons. The monoisotopic (exact) mass is 348 g/mol. The average Bonchev–Trinajstić information content (AvgIpc) is 2.93. The van der Waals surface area contributed by atoms with Gasteiger partial charge < -0.3 is 14.8 Å². The predicted molar refractivity (Wildman–Crippen MR) is 89.2 cm³/mol. The molecule has 0 amide bonds. The van der Waals surface area contributed by atoms with Gasteiger partial charge >= 0.3 is 0 Å². The van der Waals surface area contributed by atoms with E-state index in [0.717, 1.165) is 0 Å². The quantitative estimate of drug-likeness (QED) is 0.893. The Bertz CT molecular complexity index is 762. The highest BCUT2D eigenvalue weighted by atomic mass is 35.5. The molecule has 2 aliphatic heterocycles. The smallest absolute Gasteiger partial charge is 0.292 e. The Balaban J connectivity index is 1.72. The predicted octanol–water partition coefficient (Wildman–Crippen LogP) is 3.93.